The number of esters is 1. The maximum atomic E-state index is 11.9. The first-order valence-electron chi connectivity index (χ1n) is 7.27. The van der Waals surface area contributed by atoms with Gasteiger partial charge in [-0.1, -0.05) is 20.8 Å². The van der Waals surface area contributed by atoms with Gasteiger partial charge in [0.1, 0.15) is 12.4 Å². The predicted octanol–water partition coefficient (Wildman–Crippen LogP) is 3.07. The Labute approximate surface area is 116 Å². The standard InChI is InChI=1S/C15H22O3.CH4/c1-8-3-4-11-10(5-8)6-12-14(13(11)7-16)9(2)18-15(12)17;/h7-14H,3-6H2,1-2H3;1H4/t8-,9-,10+,11-,12-,13+,14-;/m1./s1. The summed E-state index contributed by atoms with van der Waals surface area (Å²) < 4.78 is 5.38. The predicted molar refractivity (Wildman–Crippen MR) is 73.4 cm³/mol. The minimum absolute atomic E-state index is 0. The van der Waals surface area contributed by atoms with Crippen molar-refractivity contribution in [2.75, 3.05) is 0 Å². The molecule has 0 aromatic carbocycles. The molecule has 3 fully saturated rings. The summed E-state index contributed by atoms with van der Waals surface area (Å²) in [6.45, 7) is 4.23. The molecule has 1 aliphatic heterocycles. The van der Waals surface area contributed by atoms with Crippen LogP contribution >= 0.6 is 0 Å². The van der Waals surface area contributed by atoms with Crippen LogP contribution in [-0.4, -0.2) is 18.4 Å². The topological polar surface area (TPSA) is 43.4 Å². The molecule has 0 N–H and O–H groups in total. The van der Waals surface area contributed by atoms with Crippen molar-refractivity contribution in [2.45, 2.75) is 53.1 Å². The molecule has 0 amide bonds. The van der Waals surface area contributed by atoms with Gasteiger partial charge >= 0.3 is 5.97 Å². The van der Waals surface area contributed by atoms with Gasteiger partial charge in [-0.15, -0.1) is 0 Å². The van der Waals surface area contributed by atoms with Crippen LogP contribution in [-0.2, 0) is 14.3 Å². The van der Waals surface area contributed by atoms with Crippen molar-refractivity contribution >= 4 is 12.3 Å². The molecule has 2 aliphatic carbocycles. The van der Waals surface area contributed by atoms with Crippen molar-refractivity contribution in [1.82, 2.24) is 0 Å². The second-order valence-corrected chi connectivity index (χ2v) is 6.62. The van der Waals surface area contributed by atoms with E-state index in [1.165, 1.54) is 12.8 Å². The van der Waals surface area contributed by atoms with E-state index in [0.29, 0.717) is 11.8 Å². The van der Waals surface area contributed by atoms with Crippen LogP contribution in [0.1, 0.15) is 47.0 Å². The highest BCUT2D eigenvalue weighted by molar-refractivity contribution is 5.76. The van der Waals surface area contributed by atoms with Crippen LogP contribution in [0.2, 0.25) is 0 Å². The van der Waals surface area contributed by atoms with E-state index in [4.69, 9.17) is 4.74 Å². The zero-order chi connectivity index (χ0) is 12.9. The van der Waals surface area contributed by atoms with Crippen molar-refractivity contribution in [1.29, 1.82) is 0 Å². The maximum Gasteiger partial charge on any atom is 0.309 e. The second-order valence-electron chi connectivity index (χ2n) is 6.62. The molecule has 0 aromatic rings. The third-order valence-corrected chi connectivity index (χ3v) is 5.57. The average Bonchev–Trinajstić information content (AvgIpc) is 2.62. The van der Waals surface area contributed by atoms with Gasteiger partial charge in [0.15, 0.2) is 0 Å². The first kappa shape index (κ1) is 14.5. The summed E-state index contributed by atoms with van der Waals surface area (Å²) in [5, 5.41) is 0. The second kappa shape index (κ2) is 5.26. The molecule has 0 radical (unpaired) electrons. The van der Waals surface area contributed by atoms with Crippen LogP contribution in [0.15, 0.2) is 0 Å². The largest absolute Gasteiger partial charge is 0.462 e. The quantitative estimate of drug-likeness (QED) is 0.541. The zero-order valence-corrected chi connectivity index (χ0v) is 11.2. The van der Waals surface area contributed by atoms with Crippen LogP contribution < -0.4 is 0 Å². The van der Waals surface area contributed by atoms with Gasteiger partial charge in [-0.25, -0.2) is 0 Å². The minimum atomic E-state index is -0.0713. The van der Waals surface area contributed by atoms with Gasteiger partial charge in [0.25, 0.3) is 0 Å². The monoisotopic (exact) mass is 266 g/mol. The molecule has 3 heteroatoms. The van der Waals surface area contributed by atoms with Crippen molar-refractivity contribution in [3.63, 3.8) is 0 Å². The van der Waals surface area contributed by atoms with E-state index >= 15 is 0 Å². The van der Waals surface area contributed by atoms with Gasteiger partial charge in [0, 0.05) is 11.8 Å². The molecular formula is C16H26O3. The maximum absolute atomic E-state index is 11.9. The van der Waals surface area contributed by atoms with E-state index < -0.39 is 0 Å². The molecule has 0 unspecified atom stereocenters. The van der Waals surface area contributed by atoms with E-state index in [2.05, 4.69) is 6.92 Å². The Kier molecular flexibility index (Phi) is 4.03. The zero-order valence-electron chi connectivity index (χ0n) is 11.2. The molecule has 2 saturated carbocycles. The van der Waals surface area contributed by atoms with E-state index in [9.17, 15) is 9.59 Å². The molecule has 1 saturated heterocycles. The Bertz CT molecular complexity index is 365. The molecule has 0 aromatic heterocycles. The van der Waals surface area contributed by atoms with Crippen LogP contribution in [0.25, 0.3) is 0 Å². The van der Waals surface area contributed by atoms with Crippen LogP contribution in [0.3, 0.4) is 0 Å². The Balaban J connectivity index is 0.00000133. The number of rotatable bonds is 1. The highest BCUT2D eigenvalue weighted by Crippen LogP contribution is 2.53. The SMILES string of the molecule is C.C[C@@H]1CC[C@@H]2[C@@H](C1)C[C@H]1C(=O)O[C@H](C)[C@H]1[C@H]2C=O. The minimum Gasteiger partial charge on any atom is -0.462 e. The number of hydrogen-bond donors (Lipinski definition) is 0. The molecule has 1 heterocycles. The van der Waals surface area contributed by atoms with Gasteiger partial charge in [-0.3, -0.25) is 4.79 Å². The summed E-state index contributed by atoms with van der Waals surface area (Å²) in [6, 6.07) is 0. The van der Waals surface area contributed by atoms with Crippen molar-refractivity contribution < 1.29 is 14.3 Å². The molecule has 0 bridgehead atoms. The van der Waals surface area contributed by atoms with Gasteiger partial charge < -0.3 is 9.53 Å². The molecule has 3 nitrogen and oxygen atoms in total. The number of aldehydes is 1. The lowest BCUT2D eigenvalue weighted by Crippen LogP contribution is -2.45. The summed E-state index contributed by atoms with van der Waals surface area (Å²) in [7, 11) is 0. The van der Waals surface area contributed by atoms with Crippen LogP contribution in [0, 0.1) is 35.5 Å². The third-order valence-electron chi connectivity index (χ3n) is 5.57. The average molecular weight is 266 g/mol. The molecule has 7 atom stereocenters. The normalized spacial score (nSPS) is 48.5. The van der Waals surface area contributed by atoms with Crippen LogP contribution in [0.4, 0.5) is 0 Å². The van der Waals surface area contributed by atoms with E-state index in [-0.39, 0.29) is 37.3 Å². The molecule has 3 aliphatic rings. The Morgan fingerprint density at radius 2 is 1.95 bits per heavy atom. The summed E-state index contributed by atoms with van der Waals surface area (Å²) in [5.74, 6) is 1.91. The number of carbonyl (C=O) groups excluding carboxylic acids is 2. The number of ether oxygens (including phenoxy) is 1. The Morgan fingerprint density at radius 1 is 1.21 bits per heavy atom. The number of hydrogen-bond acceptors (Lipinski definition) is 3. The van der Waals surface area contributed by atoms with Crippen molar-refractivity contribution in [3.8, 4) is 0 Å². The molecule has 19 heavy (non-hydrogen) atoms. The van der Waals surface area contributed by atoms with Crippen molar-refractivity contribution in [2.24, 2.45) is 35.5 Å². The van der Waals surface area contributed by atoms with Crippen LogP contribution in [0.5, 0.6) is 0 Å². The lowest BCUT2D eigenvalue weighted by molar-refractivity contribution is -0.144. The fourth-order valence-electron chi connectivity index (χ4n) is 4.77. The summed E-state index contributed by atoms with van der Waals surface area (Å²) >= 11 is 0. The highest BCUT2D eigenvalue weighted by Gasteiger charge is 2.54. The number of carbonyl (C=O) groups is 2. The van der Waals surface area contributed by atoms with E-state index in [1.54, 1.807) is 0 Å². The number of cyclic esters (lactones) is 1. The molecule has 108 valence electrons. The smallest absolute Gasteiger partial charge is 0.309 e. The molecule has 0 spiro atoms. The fraction of sp³-hybridized carbons (Fsp3) is 0.875. The third kappa shape index (κ3) is 2.21. The van der Waals surface area contributed by atoms with Gasteiger partial charge in [0.2, 0.25) is 0 Å². The summed E-state index contributed by atoms with van der Waals surface area (Å²) in [5.41, 5.74) is 0. The lowest BCUT2D eigenvalue weighted by atomic mass is 9.56. The van der Waals surface area contributed by atoms with E-state index in [0.717, 1.165) is 25.0 Å². The van der Waals surface area contributed by atoms with E-state index in [1.807, 2.05) is 6.92 Å². The first-order valence-corrected chi connectivity index (χ1v) is 7.27. The fourth-order valence-corrected chi connectivity index (χ4v) is 4.77. The van der Waals surface area contributed by atoms with Gasteiger partial charge in [0.05, 0.1) is 5.92 Å². The highest BCUT2D eigenvalue weighted by atomic mass is 16.6. The van der Waals surface area contributed by atoms with Crippen molar-refractivity contribution in [3.05, 3.63) is 0 Å². The first-order chi connectivity index (χ1) is 8.61. The van der Waals surface area contributed by atoms with Gasteiger partial charge in [-0.2, -0.15) is 0 Å². The summed E-state index contributed by atoms with van der Waals surface area (Å²) in [6.07, 6.45) is 5.56. The molecular weight excluding hydrogens is 240 g/mol. The lowest BCUT2D eigenvalue weighted by Gasteiger charge is -2.46. The summed E-state index contributed by atoms with van der Waals surface area (Å²) in [4.78, 5) is 23.4. The number of fused-ring (bicyclic) bond motifs is 2. The molecule has 3 rings (SSSR count). The van der Waals surface area contributed by atoms with Gasteiger partial charge in [-0.05, 0) is 43.9 Å². The Morgan fingerprint density at radius 3 is 2.63 bits per heavy atom. The Hall–Kier alpha value is -0.860.